The number of alkyl halides is 1. The lowest BCUT2D eigenvalue weighted by molar-refractivity contribution is -0.118. The second-order valence-electron chi connectivity index (χ2n) is 3.31. The molecule has 0 amide bonds. The number of hydrogen-bond donors (Lipinski definition) is 0. The standard InChI is InChI=1S/C9H15BrO/c10-7-6-8-2-1-3-9(11)5-4-8/h8H,1-7H2. The Kier molecular flexibility index (Phi) is 4.13. The molecule has 1 rings (SSSR count). The maximum atomic E-state index is 11.0. The third kappa shape index (κ3) is 3.37. The summed E-state index contributed by atoms with van der Waals surface area (Å²) in [6.45, 7) is 0. The summed E-state index contributed by atoms with van der Waals surface area (Å²) in [7, 11) is 0. The van der Waals surface area contributed by atoms with Crippen LogP contribution in [-0.4, -0.2) is 11.1 Å². The molecule has 1 unspecified atom stereocenters. The van der Waals surface area contributed by atoms with Crippen molar-refractivity contribution in [3.05, 3.63) is 0 Å². The van der Waals surface area contributed by atoms with Gasteiger partial charge in [0, 0.05) is 18.2 Å². The zero-order valence-electron chi connectivity index (χ0n) is 6.81. The average Bonchev–Trinajstić information content (AvgIpc) is 2.17. The highest BCUT2D eigenvalue weighted by Crippen LogP contribution is 2.24. The molecule has 0 bridgehead atoms. The molecule has 0 aromatic rings. The maximum Gasteiger partial charge on any atom is 0.132 e. The van der Waals surface area contributed by atoms with Crippen LogP contribution in [-0.2, 0) is 4.79 Å². The molecule has 0 heterocycles. The quantitative estimate of drug-likeness (QED) is 0.515. The number of ketones is 1. The van der Waals surface area contributed by atoms with Crippen LogP contribution in [0.2, 0.25) is 0 Å². The van der Waals surface area contributed by atoms with Gasteiger partial charge in [-0.3, -0.25) is 4.79 Å². The smallest absolute Gasteiger partial charge is 0.132 e. The summed E-state index contributed by atoms with van der Waals surface area (Å²) in [5, 5.41) is 1.09. The SMILES string of the molecule is O=C1CCCC(CCBr)CC1. The summed E-state index contributed by atoms with van der Waals surface area (Å²) in [5.74, 6) is 1.28. The Morgan fingerprint density at radius 1 is 1.36 bits per heavy atom. The van der Waals surface area contributed by atoms with Crippen LogP contribution in [0.25, 0.3) is 0 Å². The second kappa shape index (κ2) is 4.91. The van der Waals surface area contributed by atoms with Gasteiger partial charge in [0.1, 0.15) is 5.78 Å². The Bertz CT molecular complexity index is 134. The lowest BCUT2D eigenvalue weighted by atomic mass is 9.98. The van der Waals surface area contributed by atoms with Gasteiger partial charge >= 0.3 is 0 Å². The molecular weight excluding hydrogens is 204 g/mol. The molecular formula is C9H15BrO. The molecule has 1 aliphatic carbocycles. The summed E-state index contributed by atoms with van der Waals surface area (Å²) in [5.41, 5.74) is 0. The largest absolute Gasteiger partial charge is 0.300 e. The van der Waals surface area contributed by atoms with E-state index in [1.165, 1.54) is 12.8 Å². The minimum absolute atomic E-state index is 0.474. The number of halogens is 1. The van der Waals surface area contributed by atoms with Crippen molar-refractivity contribution in [3.8, 4) is 0 Å². The van der Waals surface area contributed by atoms with Crippen LogP contribution >= 0.6 is 15.9 Å². The Hall–Kier alpha value is 0.150. The van der Waals surface area contributed by atoms with E-state index in [9.17, 15) is 4.79 Å². The molecule has 2 heteroatoms. The van der Waals surface area contributed by atoms with Crippen molar-refractivity contribution in [1.82, 2.24) is 0 Å². The van der Waals surface area contributed by atoms with E-state index in [1.54, 1.807) is 0 Å². The molecule has 1 aliphatic rings. The molecule has 0 aliphatic heterocycles. The van der Waals surface area contributed by atoms with E-state index in [0.29, 0.717) is 5.78 Å². The van der Waals surface area contributed by atoms with Crippen LogP contribution in [0.4, 0.5) is 0 Å². The van der Waals surface area contributed by atoms with E-state index in [-0.39, 0.29) is 0 Å². The first-order chi connectivity index (χ1) is 5.33. The number of carbonyl (C=O) groups excluding carboxylic acids is 1. The number of Topliss-reactive ketones (excluding diaryl/α,β-unsaturated/α-hetero) is 1. The Morgan fingerprint density at radius 2 is 2.18 bits per heavy atom. The molecule has 0 N–H and O–H groups in total. The first-order valence-corrected chi connectivity index (χ1v) is 5.52. The maximum absolute atomic E-state index is 11.0. The van der Waals surface area contributed by atoms with Crippen LogP contribution < -0.4 is 0 Å². The van der Waals surface area contributed by atoms with Gasteiger partial charge in [0.15, 0.2) is 0 Å². The zero-order valence-corrected chi connectivity index (χ0v) is 8.40. The van der Waals surface area contributed by atoms with Crippen molar-refractivity contribution < 1.29 is 4.79 Å². The van der Waals surface area contributed by atoms with E-state index in [2.05, 4.69) is 15.9 Å². The molecule has 11 heavy (non-hydrogen) atoms. The zero-order chi connectivity index (χ0) is 8.10. The highest BCUT2D eigenvalue weighted by Gasteiger charge is 2.15. The molecule has 1 fully saturated rings. The van der Waals surface area contributed by atoms with E-state index in [4.69, 9.17) is 0 Å². The van der Waals surface area contributed by atoms with Crippen LogP contribution in [0.3, 0.4) is 0 Å². The van der Waals surface area contributed by atoms with E-state index in [1.807, 2.05) is 0 Å². The van der Waals surface area contributed by atoms with Gasteiger partial charge in [0.25, 0.3) is 0 Å². The molecule has 64 valence electrons. The van der Waals surface area contributed by atoms with Gasteiger partial charge in [-0.25, -0.2) is 0 Å². The summed E-state index contributed by atoms with van der Waals surface area (Å²) in [6.07, 6.45) is 6.42. The first-order valence-electron chi connectivity index (χ1n) is 4.40. The highest BCUT2D eigenvalue weighted by atomic mass is 79.9. The lowest BCUT2D eigenvalue weighted by Gasteiger charge is -2.09. The minimum Gasteiger partial charge on any atom is -0.300 e. The molecule has 1 saturated carbocycles. The molecule has 0 aromatic heterocycles. The van der Waals surface area contributed by atoms with Gasteiger partial charge < -0.3 is 0 Å². The molecule has 1 nitrogen and oxygen atoms in total. The number of hydrogen-bond acceptors (Lipinski definition) is 1. The van der Waals surface area contributed by atoms with E-state index < -0.39 is 0 Å². The Balaban J connectivity index is 2.28. The summed E-state index contributed by atoms with van der Waals surface area (Å²) < 4.78 is 0. The van der Waals surface area contributed by atoms with Crippen LogP contribution in [0.5, 0.6) is 0 Å². The number of rotatable bonds is 2. The highest BCUT2D eigenvalue weighted by molar-refractivity contribution is 9.09. The van der Waals surface area contributed by atoms with Gasteiger partial charge in [-0.1, -0.05) is 15.9 Å². The van der Waals surface area contributed by atoms with Gasteiger partial charge in [0.05, 0.1) is 0 Å². The molecule has 0 spiro atoms. The second-order valence-corrected chi connectivity index (χ2v) is 4.11. The fraction of sp³-hybridized carbons (Fsp3) is 0.889. The third-order valence-corrected chi connectivity index (χ3v) is 2.87. The van der Waals surface area contributed by atoms with Crippen molar-refractivity contribution in [2.45, 2.75) is 38.5 Å². The van der Waals surface area contributed by atoms with Crippen molar-refractivity contribution in [1.29, 1.82) is 0 Å². The van der Waals surface area contributed by atoms with Crippen molar-refractivity contribution in [3.63, 3.8) is 0 Å². The molecule has 0 aromatic carbocycles. The fourth-order valence-electron chi connectivity index (χ4n) is 1.67. The van der Waals surface area contributed by atoms with Gasteiger partial charge in [-0.05, 0) is 31.6 Å². The van der Waals surface area contributed by atoms with Crippen LogP contribution in [0.15, 0.2) is 0 Å². The van der Waals surface area contributed by atoms with E-state index in [0.717, 1.165) is 36.9 Å². The van der Waals surface area contributed by atoms with Gasteiger partial charge in [-0.15, -0.1) is 0 Å². The topological polar surface area (TPSA) is 17.1 Å². The van der Waals surface area contributed by atoms with E-state index >= 15 is 0 Å². The van der Waals surface area contributed by atoms with Gasteiger partial charge in [-0.2, -0.15) is 0 Å². The summed E-state index contributed by atoms with van der Waals surface area (Å²) in [6, 6.07) is 0. The predicted molar refractivity (Wildman–Crippen MR) is 50.0 cm³/mol. The molecule has 0 radical (unpaired) electrons. The predicted octanol–water partition coefficient (Wildman–Crippen LogP) is 2.92. The Morgan fingerprint density at radius 3 is 2.91 bits per heavy atom. The van der Waals surface area contributed by atoms with Crippen molar-refractivity contribution in [2.24, 2.45) is 5.92 Å². The fourth-order valence-corrected chi connectivity index (χ4v) is 2.31. The van der Waals surface area contributed by atoms with Crippen molar-refractivity contribution in [2.75, 3.05) is 5.33 Å². The van der Waals surface area contributed by atoms with Crippen LogP contribution in [0.1, 0.15) is 38.5 Å². The normalized spacial score (nSPS) is 26.6. The lowest BCUT2D eigenvalue weighted by Crippen LogP contribution is -1.99. The molecule has 1 atom stereocenters. The van der Waals surface area contributed by atoms with Crippen LogP contribution in [0, 0.1) is 5.92 Å². The summed E-state index contributed by atoms with van der Waals surface area (Å²) >= 11 is 3.44. The average molecular weight is 219 g/mol. The number of carbonyl (C=O) groups is 1. The Labute approximate surface area is 76.7 Å². The third-order valence-electron chi connectivity index (χ3n) is 2.42. The molecule has 0 saturated heterocycles. The van der Waals surface area contributed by atoms with Gasteiger partial charge in [0.2, 0.25) is 0 Å². The first kappa shape index (κ1) is 9.24. The summed E-state index contributed by atoms with van der Waals surface area (Å²) in [4.78, 5) is 11.0. The minimum atomic E-state index is 0.474. The van der Waals surface area contributed by atoms with Crippen molar-refractivity contribution >= 4 is 21.7 Å². The monoisotopic (exact) mass is 218 g/mol.